The van der Waals surface area contributed by atoms with Crippen molar-refractivity contribution in [2.75, 3.05) is 46.4 Å². The largest absolute Gasteiger partial charge is 0.497 e. The molecule has 1 aromatic rings. The lowest BCUT2D eigenvalue weighted by molar-refractivity contribution is 0.0692. The minimum atomic E-state index is -3.42. The first-order valence-corrected chi connectivity index (χ1v) is 10.5. The molecule has 2 fully saturated rings. The molecule has 2 aliphatic heterocycles. The van der Waals surface area contributed by atoms with E-state index >= 15 is 0 Å². The zero-order valence-corrected chi connectivity index (χ0v) is 16.2. The van der Waals surface area contributed by atoms with Crippen LogP contribution >= 0.6 is 0 Å². The Labute approximate surface area is 155 Å². The highest BCUT2D eigenvalue weighted by Gasteiger charge is 2.35. The van der Waals surface area contributed by atoms with Crippen molar-refractivity contribution in [2.24, 2.45) is 5.92 Å². The monoisotopic (exact) mass is 381 g/mol. The lowest BCUT2D eigenvalue weighted by Crippen LogP contribution is -2.55. The molecule has 0 radical (unpaired) electrons. The summed E-state index contributed by atoms with van der Waals surface area (Å²) in [6.45, 7) is 4.82. The highest BCUT2D eigenvalue weighted by molar-refractivity contribution is 7.86. The molecular formula is C18H27N3O4S. The molecule has 0 N–H and O–H groups in total. The Morgan fingerprint density at radius 3 is 2.27 bits per heavy atom. The van der Waals surface area contributed by atoms with E-state index in [0.29, 0.717) is 56.5 Å². The molecule has 0 saturated carbocycles. The fourth-order valence-electron chi connectivity index (χ4n) is 3.44. The predicted octanol–water partition coefficient (Wildman–Crippen LogP) is 1.43. The highest BCUT2D eigenvalue weighted by atomic mass is 32.2. The van der Waals surface area contributed by atoms with Gasteiger partial charge in [0.1, 0.15) is 5.75 Å². The summed E-state index contributed by atoms with van der Waals surface area (Å²) in [6.07, 6.45) is 1.82. The van der Waals surface area contributed by atoms with Crippen LogP contribution in [0.4, 0.5) is 0 Å². The Kier molecular flexibility index (Phi) is 5.84. The topological polar surface area (TPSA) is 70.2 Å². The van der Waals surface area contributed by atoms with Gasteiger partial charge in [-0.15, -0.1) is 0 Å². The second-order valence-corrected chi connectivity index (χ2v) is 8.94. The summed E-state index contributed by atoms with van der Waals surface area (Å²) < 4.78 is 33.9. The van der Waals surface area contributed by atoms with E-state index in [2.05, 4.69) is 6.92 Å². The van der Waals surface area contributed by atoms with Gasteiger partial charge in [0.15, 0.2) is 0 Å². The Balaban J connectivity index is 1.60. The zero-order chi connectivity index (χ0) is 18.7. The van der Waals surface area contributed by atoms with Crippen LogP contribution in [-0.4, -0.2) is 74.2 Å². The molecule has 2 aliphatic rings. The average Bonchev–Trinajstić information content (AvgIpc) is 2.68. The maximum absolute atomic E-state index is 12.8. The molecule has 1 amide bonds. The van der Waals surface area contributed by atoms with Gasteiger partial charge in [0, 0.05) is 44.8 Å². The third kappa shape index (κ3) is 4.02. The third-order valence-electron chi connectivity index (χ3n) is 5.24. The summed E-state index contributed by atoms with van der Waals surface area (Å²) in [5, 5.41) is 0. The smallest absolute Gasteiger partial charge is 0.282 e. The normalized spacial score (nSPS) is 20.9. The van der Waals surface area contributed by atoms with Gasteiger partial charge in [-0.05, 0) is 37.0 Å². The maximum atomic E-state index is 12.8. The van der Waals surface area contributed by atoms with E-state index in [1.807, 2.05) is 0 Å². The number of nitrogens with zero attached hydrogens (tertiary/aromatic N) is 3. The van der Waals surface area contributed by atoms with Crippen LogP contribution in [0.5, 0.6) is 5.75 Å². The number of piperidine rings is 1. The van der Waals surface area contributed by atoms with Crippen molar-refractivity contribution in [3.8, 4) is 5.75 Å². The van der Waals surface area contributed by atoms with E-state index in [-0.39, 0.29) is 5.91 Å². The summed E-state index contributed by atoms with van der Waals surface area (Å²) >= 11 is 0. The number of rotatable bonds is 4. The van der Waals surface area contributed by atoms with Crippen molar-refractivity contribution in [1.29, 1.82) is 0 Å². The number of amides is 1. The summed E-state index contributed by atoms with van der Waals surface area (Å²) in [7, 11) is -1.86. The second kappa shape index (κ2) is 7.94. The molecule has 0 aliphatic carbocycles. The first-order chi connectivity index (χ1) is 12.4. The average molecular weight is 381 g/mol. The molecule has 7 nitrogen and oxygen atoms in total. The van der Waals surface area contributed by atoms with Crippen LogP contribution in [0.1, 0.15) is 30.1 Å². The summed E-state index contributed by atoms with van der Waals surface area (Å²) in [4.78, 5) is 14.4. The molecule has 1 aromatic carbocycles. The Bertz CT molecular complexity index is 737. The van der Waals surface area contributed by atoms with E-state index in [9.17, 15) is 13.2 Å². The first-order valence-electron chi connectivity index (χ1n) is 9.10. The quantitative estimate of drug-likeness (QED) is 0.791. The molecule has 144 valence electrons. The van der Waals surface area contributed by atoms with Gasteiger partial charge in [-0.1, -0.05) is 13.0 Å². The summed E-state index contributed by atoms with van der Waals surface area (Å²) in [5.41, 5.74) is 0.561. The number of ether oxygens (including phenoxy) is 1. The highest BCUT2D eigenvalue weighted by Crippen LogP contribution is 2.22. The number of piperazine rings is 1. The molecule has 0 bridgehead atoms. The summed E-state index contributed by atoms with van der Waals surface area (Å²) in [5.74, 6) is 1.13. The predicted molar refractivity (Wildman–Crippen MR) is 99.4 cm³/mol. The number of methoxy groups -OCH3 is 1. The van der Waals surface area contributed by atoms with Crippen molar-refractivity contribution in [2.45, 2.75) is 19.8 Å². The summed E-state index contributed by atoms with van der Waals surface area (Å²) in [6, 6.07) is 7.04. The van der Waals surface area contributed by atoms with Gasteiger partial charge < -0.3 is 9.64 Å². The van der Waals surface area contributed by atoms with Crippen LogP contribution in [0, 0.1) is 5.92 Å². The van der Waals surface area contributed by atoms with Gasteiger partial charge >= 0.3 is 0 Å². The van der Waals surface area contributed by atoms with Crippen molar-refractivity contribution >= 4 is 16.1 Å². The van der Waals surface area contributed by atoms with Crippen LogP contribution in [-0.2, 0) is 10.2 Å². The Hall–Kier alpha value is -1.64. The van der Waals surface area contributed by atoms with E-state index in [1.54, 1.807) is 40.6 Å². The molecule has 26 heavy (non-hydrogen) atoms. The molecule has 2 saturated heterocycles. The van der Waals surface area contributed by atoms with Crippen molar-refractivity contribution < 1.29 is 17.9 Å². The Morgan fingerprint density at radius 1 is 1.04 bits per heavy atom. The fourth-order valence-corrected chi connectivity index (χ4v) is 5.06. The number of hydrogen-bond acceptors (Lipinski definition) is 4. The van der Waals surface area contributed by atoms with Gasteiger partial charge in [-0.2, -0.15) is 17.0 Å². The lowest BCUT2D eigenvalue weighted by atomic mass is 10.0. The standard InChI is InChI=1S/C18H27N3O4S/c1-15-6-8-20(9-7-15)26(23,24)21-12-10-19(11-13-21)18(22)16-4-3-5-17(14-16)25-2/h3-5,14-15H,6-13H2,1-2H3. The van der Waals surface area contributed by atoms with E-state index in [4.69, 9.17) is 4.74 Å². The van der Waals surface area contributed by atoms with Gasteiger partial charge in [-0.3, -0.25) is 4.79 Å². The minimum absolute atomic E-state index is 0.0901. The third-order valence-corrected chi connectivity index (χ3v) is 7.27. The molecule has 0 spiro atoms. The van der Waals surface area contributed by atoms with Gasteiger partial charge in [-0.25, -0.2) is 0 Å². The number of carbonyl (C=O) groups is 1. The zero-order valence-electron chi connectivity index (χ0n) is 15.4. The molecule has 0 aromatic heterocycles. The Morgan fingerprint density at radius 2 is 1.65 bits per heavy atom. The number of benzene rings is 1. The fraction of sp³-hybridized carbons (Fsp3) is 0.611. The van der Waals surface area contributed by atoms with Crippen molar-refractivity contribution in [3.63, 3.8) is 0 Å². The van der Waals surface area contributed by atoms with Crippen LogP contribution in [0.2, 0.25) is 0 Å². The number of carbonyl (C=O) groups excluding carboxylic acids is 1. The van der Waals surface area contributed by atoms with E-state index < -0.39 is 10.2 Å². The van der Waals surface area contributed by atoms with Gasteiger partial charge in [0.2, 0.25) is 0 Å². The lowest BCUT2D eigenvalue weighted by Gasteiger charge is -2.38. The molecule has 3 rings (SSSR count). The van der Waals surface area contributed by atoms with E-state index in [1.165, 1.54) is 4.31 Å². The molecule has 2 heterocycles. The molecule has 0 atom stereocenters. The molecule has 8 heteroatoms. The number of hydrogen-bond donors (Lipinski definition) is 0. The van der Waals surface area contributed by atoms with Gasteiger partial charge in [0.05, 0.1) is 7.11 Å². The molecule has 0 unspecified atom stereocenters. The SMILES string of the molecule is COc1cccc(C(=O)N2CCN(S(=O)(=O)N3CCC(C)CC3)CC2)c1. The van der Waals surface area contributed by atoms with E-state index in [0.717, 1.165) is 12.8 Å². The van der Waals surface area contributed by atoms with Crippen molar-refractivity contribution in [3.05, 3.63) is 29.8 Å². The first kappa shape index (κ1) is 19.1. The van der Waals surface area contributed by atoms with Crippen molar-refractivity contribution in [1.82, 2.24) is 13.5 Å². The molecular weight excluding hydrogens is 354 g/mol. The van der Waals surface area contributed by atoms with Gasteiger partial charge in [0.25, 0.3) is 16.1 Å². The van der Waals surface area contributed by atoms with Crippen LogP contribution in [0.25, 0.3) is 0 Å². The minimum Gasteiger partial charge on any atom is -0.497 e. The van der Waals surface area contributed by atoms with Crippen LogP contribution in [0.15, 0.2) is 24.3 Å². The maximum Gasteiger partial charge on any atom is 0.282 e. The van der Waals surface area contributed by atoms with Crippen LogP contribution in [0.3, 0.4) is 0 Å². The van der Waals surface area contributed by atoms with Crippen LogP contribution < -0.4 is 4.74 Å². The second-order valence-electron chi connectivity index (χ2n) is 7.01.